The lowest BCUT2D eigenvalue weighted by atomic mass is 10.3. The highest BCUT2D eigenvalue weighted by atomic mass is 32.1. The Morgan fingerprint density at radius 3 is 2.78 bits per heavy atom. The predicted octanol–water partition coefficient (Wildman–Crippen LogP) is 4.01. The molecule has 0 saturated heterocycles. The number of carbonyl (C=O) groups is 1. The number of para-hydroxylation sites is 1. The van der Waals surface area contributed by atoms with Crippen LogP contribution in [-0.2, 0) is 7.05 Å². The molecule has 4 rings (SSSR count). The van der Waals surface area contributed by atoms with E-state index in [0.717, 1.165) is 20.1 Å². The second-order valence-electron chi connectivity index (χ2n) is 4.98. The number of rotatable bonds is 3. The van der Waals surface area contributed by atoms with Crippen molar-refractivity contribution in [2.75, 3.05) is 5.32 Å². The summed E-state index contributed by atoms with van der Waals surface area (Å²) in [7, 11) is 1.81. The van der Waals surface area contributed by atoms with E-state index in [9.17, 15) is 4.79 Å². The van der Waals surface area contributed by atoms with Crippen LogP contribution in [-0.4, -0.2) is 20.7 Å². The summed E-state index contributed by atoms with van der Waals surface area (Å²) in [6.45, 7) is 0. The molecule has 3 aromatic heterocycles. The van der Waals surface area contributed by atoms with Crippen LogP contribution in [0.2, 0.25) is 0 Å². The van der Waals surface area contributed by atoms with Gasteiger partial charge in [0.05, 0.1) is 20.0 Å². The summed E-state index contributed by atoms with van der Waals surface area (Å²) >= 11 is 3.07. The van der Waals surface area contributed by atoms with Gasteiger partial charge in [0.1, 0.15) is 5.01 Å². The Bertz CT molecular complexity index is 965. The molecular formula is C16H12N4OS2. The quantitative estimate of drug-likeness (QED) is 0.613. The normalized spacial score (nSPS) is 11.0. The third kappa shape index (κ3) is 2.76. The molecule has 0 aliphatic rings. The number of hydrogen-bond donors (Lipinski definition) is 1. The molecule has 0 spiro atoms. The van der Waals surface area contributed by atoms with Crippen LogP contribution in [0.25, 0.3) is 20.1 Å². The van der Waals surface area contributed by atoms with Crippen molar-refractivity contribution in [1.82, 2.24) is 14.8 Å². The summed E-state index contributed by atoms with van der Waals surface area (Å²) in [4.78, 5) is 18.5. The number of nitrogens with one attached hydrogen (secondary N) is 1. The maximum atomic E-state index is 12.3. The number of carbonyl (C=O) groups excluding carboxylic acids is 1. The molecule has 5 nitrogen and oxygen atoms in total. The minimum absolute atomic E-state index is 0.152. The first-order chi connectivity index (χ1) is 11.2. The molecule has 1 aromatic carbocycles. The SMILES string of the molecule is Cn1ccc(NC(=O)c2ccc(-c3nc4ccccc4s3)s2)n1. The predicted molar refractivity (Wildman–Crippen MR) is 94.1 cm³/mol. The van der Waals surface area contributed by atoms with Crippen molar-refractivity contribution in [2.45, 2.75) is 0 Å². The van der Waals surface area contributed by atoms with Crippen LogP contribution >= 0.6 is 22.7 Å². The summed E-state index contributed by atoms with van der Waals surface area (Å²) < 4.78 is 2.80. The highest BCUT2D eigenvalue weighted by molar-refractivity contribution is 7.26. The highest BCUT2D eigenvalue weighted by Gasteiger charge is 2.14. The van der Waals surface area contributed by atoms with Gasteiger partial charge in [0.2, 0.25) is 0 Å². The first-order valence-corrected chi connectivity index (χ1v) is 8.59. The average molecular weight is 340 g/mol. The number of fused-ring (bicyclic) bond motifs is 1. The number of nitrogens with zero attached hydrogens (tertiary/aromatic N) is 3. The first-order valence-electron chi connectivity index (χ1n) is 6.96. The van der Waals surface area contributed by atoms with Gasteiger partial charge in [-0.2, -0.15) is 5.10 Å². The third-order valence-corrected chi connectivity index (χ3v) is 5.58. The lowest BCUT2D eigenvalue weighted by Gasteiger charge is -1.98. The molecule has 0 aliphatic heterocycles. The van der Waals surface area contributed by atoms with Gasteiger partial charge in [-0.1, -0.05) is 12.1 Å². The smallest absolute Gasteiger partial charge is 0.266 e. The minimum Gasteiger partial charge on any atom is -0.304 e. The molecule has 114 valence electrons. The molecule has 0 aliphatic carbocycles. The molecule has 1 N–H and O–H groups in total. The van der Waals surface area contributed by atoms with E-state index in [1.165, 1.54) is 11.3 Å². The number of benzene rings is 1. The zero-order valence-electron chi connectivity index (χ0n) is 12.2. The number of thiazole rings is 1. The van der Waals surface area contributed by atoms with E-state index in [1.807, 2.05) is 37.4 Å². The second kappa shape index (κ2) is 5.60. The Morgan fingerprint density at radius 2 is 2.00 bits per heavy atom. The molecule has 3 heterocycles. The van der Waals surface area contributed by atoms with Crippen LogP contribution in [0.4, 0.5) is 5.82 Å². The largest absolute Gasteiger partial charge is 0.304 e. The van der Waals surface area contributed by atoms with Gasteiger partial charge in [-0.3, -0.25) is 9.48 Å². The first kappa shape index (κ1) is 14.1. The van der Waals surface area contributed by atoms with Gasteiger partial charge in [0.15, 0.2) is 5.82 Å². The van der Waals surface area contributed by atoms with Gasteiger partial charge in [-0.15, -0.1) is 22.7 Å². The Labute approximate surface area is 140 Å². The van der Waals surface area contributed by atoms with Gasteiger partial charge in [-0.25, -0.2) is 4.98 Å². The Morgan fingerprint density at radius 1 is 1.13 bits per heavy atom. The molecule has 0 fully saturated rings. The maximum absolute atomic E-state index is 12.3. The van der Waals surface area contributed by atoms with Crippen molar-refractivity contribution in [2.24, 2.45) is 7.05 Å². The van der Waals surface area contributed by atoms with Crippen molar-refractivity contribution in [3.8, 4) is 9.88 Å². The average Bonchev–Trinajstić information content (AvgIpc) is 3.25. The highest BCUT2D eigenvalue weighted by Crippen LogP contribution is 2.34. The van der Waals surface area contributed by atoms with Crippen LogP contribution < -0.4 is 5.32 Å². The third-order valence-electron chi connectivity index (χ3n) is 3.29. The van der Waals surface area contributed by atoms with E-state index in [2.05, 4.69) is 21.5 Å². The molecule has 0 bridgehead atoms. The summed E-state index contributed by atoms with van der Waals surface area (Å²) in [5.41, 5.74) is 0.986. The fourth-order valence-corrected chi connectivity index (χ4v) is 4.13. The van der Waals surface area contributed by atoms with E-state index in [4.69, 9.17) is 0 Å². The van der Waals surface area contributed by atoms with E-state index in [-0.39, 0.29) is 5.91 Å². The Balaban J connectivity index is 1.59. The number of anilines is 1. The summed E-state index contributed by atoms with van der Waals surface area (Å²) in [6, 6.07) is 13.6. The van der Waals surface area contributed by atoms with Gasteiger partial charge >= 0.3 is 0 Å². The molecule has 0 radical (unpaired) electrons. The molecule has 0 atom stereocenters. The van der Waals surface area contributed by atoms with Crippen molar-refractivity contribution in [3.05, 3.63) is 53.5 Å². The fourth-order valence-electron chi connectivity index (χ4n) is 2.21. The number of amides is 1. The van der Waals surface area contributed by atoms with Crippen molar-refractivity contribution < 1.29 is 4.79 Å². The van der Waals surface area contributed by atoms with Gasteiger partial charge in [-0.05, 0) is 24.3 Å². The van der Waals surface area contributed by atoms with Crippen LogP contribution in [0, 0.1) is 0 Å². The number of hydrogen-bond acceptors (Lipinski definition) is 5. The zero-order valence-corrected chi connectivity index (χ0v) is 13.8. The molecule has 7 heteroatoms. The zero-order chi connectivity index (χ0) is 15.8. The van der Waals surface area contributed by atoms with Crippen molar-refractivity contribution in [3.63, 3.8) is 0 Å². The lowest BCUT2D eigenvalue weighted by Crippen LogP contribution is -2.10. The van der Waals surface area contributed by atoms with E-state index >= 15 is 0 Å². The van der Waals surface area contributed by atoms with Gasteiger partial charge in [0.25, 0.3) is 5.91 Å². The molecule has 1 amide bonds. The standard InChI is InChI=1S/C16H12N4OS2/c1-20-9-8-14(19-20)18-15(21)12-6-7-13(22-12)16-17-10-4-2-3-5-11(10)23-16/h2-9H,1H3,(H,18,19,21). The van der Waals surface area contributed by atoms with E-state index < -0.39 is 0 Å². The van der Waals surface area contributed by atoms with Crippen LogP contribution in [0.15, 0.2) is 48.7 Å². The van der Waals surface area contributed by atoms with Gasteiger partial charge < -0.3 is 5.32 Å². The van der Waals surface area contributed by atoms with Crippen LogP contribution in [0.5, 0.6) is 0 Å². The van der Waals surface area contributed by atoms with Crippen LogP contribution in [0.1, 0.15) is 9.67 Å². The summed E-state index contributed by atoms with van der Waals surface area (Å²) in [5.74, 6) is 0.397. The number of aromatic nitrogens is 3. The van der Waals surface area contributed by atoms with E-state index in [1.54, 1.807) is 28.3 Å². The minimum atomic E-state index is -0.152. The Kier molecular flexibility index (Phi) is 3.44. The van der Waals surface area contributed by atoms with Crippen molar-refractivity contribution in [1.29, 1.82) is 0 Å². The molecule has 0 unspecified atom stereocenters. The number of thiophene rings is 1. The Hall–Kier alpha value is -2.51. The van der Waals surface area contributed by atoms with Gasteiger partial charge in [0, 0.05) is 19.3 Å². The lowest BCUT2D eigenvalue weighted by molar-refractivity contribution is 0.103. The number of aryl methyl sites for hydroxylation is 1. The monoisotopic (exact) mass is 340 g/mol. The van der Waals surface area contributed by atoms with Crippen LogP contribution in [0.3, 0.4) is 0 Å². The molecule has 23 heavy (non-hydrogen) atoms. The fraction of sp³-hybridized carbons (Fsp3) is 0.0625. The van der Waals surface area contributed by atoms with Crippen molar-refractivity contribution >= 4 is 44.6 Å². The summed E-state index contributed by atoms with van der Waals surface area (Å²) in [6.07, 6.45) is 1.79. The van der Waals surface area contributed by atoms with E-state index in [0.29, 0.717) is 10.7 Å². The maximum Gasteiger partial charge on any atom is 0.266 e. The second-order valence-corrected chi connectivity index (χ2v) is 7.09. The molecular weight excluding hydrogens is 328 g/mol. The summed E-state index contributed by atoms with van der Waals surface area (Å²) in [5, 5.41) is 7.88. The molecule has 0 saturated carbocycles. The topological polar surface area (TPSA) is 59.8 Å². The molecule has 4 aromatic rings.